The molecule has 0 bridgehead atoms. The van der Waals surface area contributed by atoms with Crippen LogP contribution >= 0.6 is 0 Å². The Morgan fingerprint density at radius 3 is 2.73 bits per heavy atom. The van der Waals surface area contributed by atoms with Gasteiger partial charge in [0.05, 0.1) is 14.3 Å². The average molecular weight is 380 g/mol. The Balaban J connectivity index is 1.98. The van der Waals surface area contributed by atoms with E-state index in [4.69, 9.17) is 4.74 Å². The van der Waals surface area contributed by atoms with Crippen LogP contribution in [-0.2, 0) is 16.1 Å². The van der Waals surface area contributed by atoms with E-state index in [2.05, 4.69) is 28.2 Å². The van der Waals surface area contributed by atoms with Gasteiger partial charge in [-0.1, -0.05) is 24.1 Å². The Labute approximate surface area is 149 Å². The molecular weight excluding hydrogens is 360 g/mol. The zero-order chi connectivity index (χ0) is 19.3. The highest BCUT2D eigenvalue weighted by atomic mass is 28.3. The largest absolute Gasteiger partial charge is 0.491 e. The lowest BCUT2D eigenvalue weighted by Crippen LogP contribution is -2.34. The molecule has 2 heterocycles. The van der Waals surface area contributed by atoms with E-state index in [0.717, 1.165) is 23.5 Å². The number of aromatic nitrogens is 5. The van der Waals surface area contributed by atoms with Gasteiger partial charge in [0.15, 0.2) is 5.82 Å². The number of nitrogens with zero attached hydrogens (tertiary/aromatic N) is 6. The third-order valence-electron chi connectivity index (χ3n) is 3.66. The Hall–Kier alpha value is -2.89. The van der Waals surface area contributed by atoms with Gasteiger partial charge in [0.2, 0.25) is 6.33 Å². The van der Waals surface area contributed by atoms with Crippen LogP contribution in [0.15, 0.2) is 23.4 Å². The van der Waals surface area contributed by atoms with Crippen molar-refractivity contribution in [3.63, 3.8) is 0 Å². The molecular formula is C14H20N6O5Si. The third kappa shape index (κ3) is 5.30. The van der Waals surface area contributed by atoms with E-state index in [1.807, 2.05) is 0 Å². The van der Waals surface area contributed by atoms with E-state index in [-0.39, 0.29) is 11.8 Å². The summed E-state index contributed by atoms with van der Waals surface area (Å²) in [6.45, 7) is 6.12. The molecule has 0 saturated heterocycles. The second-order valence-electron chi connectivity index (χ2n) is 6.56. The summed E-state index contributed by atoms with van der Waals surface area (Å²) in [5, 5.41) is 14.2. The van der Waals surface area contributed by atoms with Crippen molar-refractivity contribution < 1.29 is 14.5 Å². The standard InChI is InChI=1S/C14H20N6O5Si/c1-11(21)25-10-26(2,3)8-4-6-18-7-5-12(16-14(18)22)19-9-15-13(17-19)20(23)24/h5,7,9H,4,6,8,10H2,1-3H3. The number of ether oxygens (including phenoxy) is 1. The number of hydrogen-bond donors (Lipinski definition) is 0. The van der Waals surface area contributed by atoms with Crippen molar-refractivity contribution in [2.24, 2.45) is 0 Å². The monoisotopic (exact) mass is 380 g/mol. The highest BCUT2D eigenvalue weighted by Crippen LogP contribution is 2.13. The van der Waals surface area contributed by atoms with Crippen LogP contribution in [0.4, 0.5) is 5.95 Å². The fourth-order valence-electron chi connectivity index (χ4n) is 2.26. The predicted molar refractivity (Wildman–Crippen MR) is 93.6 cm³/mol. The molecule has 12 heteroatoms. The van der Waals surface area contributed by atoms with E-state index in [9.17, 15) is 19.7 Å². The molecule has 0 aliphatic rings. The Bertz CT molecular complexity index is 862. The molecule has 2 rings (SSSR count). The lowest BCUT2D eigenvalue weighted by molar-refractivity contribution is -0.394. The van der Waals surface area contributed by atoms with Crippen LogP contribution in [0.25, 0.3) is 5.82 Å². The van der Waals surface area contributed by atoms with Crippen LogP contribution in [0.1, 0.15) is 13.3 Å². The van der Waals surface area contributed by atoms with Crippen molar-refractivity contribution in [3.8, 4) is 5.82 Å². The summed E-state index contributed by atoms with van der Waals surface area (Å²) in [6, 6.07) is 2.44. The van der Waals surface area contributed by atoms with E-state index >= 15 is 0 Å². The second-order valence-corrected chi connectivity index (χ2v) is 11.7. The highest BCUT2D eigenvalue weighted by Gasteiger charge is 2.22. The van der Waals surface area contributed by atoms with Gasteiger partial charge in [-0.25, -0.2) is 4.79 Å². The fraction of sp³-hybridized carbons (Fsp3) is 0.500. The van der Waals surface area contributed by atoms with Crippen molar-refractivity contribution in [2.75, 3.05) is 6.23 Å². The van der Waals surface area contributed by atoms with Gasteiger partial charge in [-0.05, 0) is 11.3 Å². The van der Waals surface area contributed by atoms with Gasteiger partial charge in [-0.2, -0.15) is 4.98 Å². The number of hydrogen-bond acceptors (Lipinski definition) is 8. The Kier molecular flexibility index (Phi) is 5.97. The molecule has 0 unspecified atom stereocenters. The minimum atomic E-state index is -1.67. The predicted octanol–water partition coefficient (Wildman–Crippen LogP) is 0.933. The maximum absolute atomic E-state index is 12.1. The average Bonchev–Trinajstić information content (AvgIpc) is 3.05. The fourth-order valence-corrected chi connectivity index (χ4v) is 4.12. The van der Waals surface area contributed by atoms with E-state index < -0.39 is 24.6 Å². The molecule has 0 aromatic carbocycles. The molecule has 0 N–H and O–H groups in total. The molecule has 0 radical (unpaired) electrons. The molecule has 0 aliphatic carbocycles. The smallest absolute Gasteiger partial charge is 0.470 e. The van der Waals surface area contributed by atoms with Gasteiger partial charge in [0.1, 0.15) is 0 Å². The summed E-state index contributed by atoms with van der Waals surface area (Å²) >= 11 is 0. The number of esters is 1. The summed E-state index contributed by atoms with van der Waals surface area (Å²) in [4.78, 5) is 40.3. The van der Waals surface area contributed by atoms with Crippen LogP contribution < -0.4 is 5.69 Å². The summed E-state index contributed by atoms with van der Waals surface area (Å²) in [7, 11) is -1.67. The van der Waals surface area contributed by atoms with Crippen molar-refractivity contribution in [3.05, 3.63) is 39.2 Å². The summed E-state index contributed by atoms with van der Waals surface area (Å²) < 4.78 is 7.64. The highest BCUT2D eigenvalue weighted by molar-refractivity contribution is 6.77. The first kappa shape index (κ1) is 19.4. The lowest BCUT2D eigenvalue weighted by Gasteiger charge is -2.21. The first-order valence-corrected chi connectivity index (χ1v) is 11.4. The first-order valence-electron chi connectivity index (χ1n) is 7.95. The third-order valence-corrected chi connectivity index (χ3v) is 6.29. The quantitative estimate of drug-likeness (QED) is 0.286. The number of rotatable bonds is 8. The number of aryl methyl sites for hydroxylation is 1. The molecule has 11 nitrogen and oxygen atoms in total. The molecule has 140 valence electrons. The molecule has 2 aromatic rings. The molecule has 2 aromatic heterocycles. The van der Waals surface area contributed by atoms with Crippen LogP contribution in [0, 0.1) is 10.1 Å². The Morgan fingerprint density at radius 1 is 1.42 bits per heavy atom. The number of nitro groups is 1. The van der Waals surface area contributed by atoms with Gasteiger partial charge in [0.25, 0.3) is 0 Å². The number of carbonyl (C=O) groups is 1. The van der Waals surface area contributed by atoms with Crippen LogP contribution in [-0.4, -0.2) is 49.5 Å². The molecule has 0 aliphatic heterocycles. The van der Waals surface area contributed by atoms with Crippen molar-refractivity contribution in [2.45, 2.75) is 39.0 Å². The maximum atomic E-state index is 12.1. The molecule has 0 atom stereocenters. The van der Waals surface area contributed by atoms with Crippen molar-refractivity contribution >= 4 is 20.0 Å². The first-order chi connectivity index (χ1) is 12.2. The van der Waals surface area contributed by atoms with Gasteiger partial charge >= 0.3 is 17.6 Å². The minimum Gasteiger partial charge on any atom is -0.470 e. The summed E-state index contributed by atoms with van der Waals surface area (Å²) in [5.74, 6) is -0.678. The molecule has 26 heavy (non-hydrogen) atoms. The normalized spacial score (nSPS) is 11.3. The topological polar surface area (TPSA) is 135 Å². The minimum absolute atomic E-state index is 0.163. The molecule has 0 saturated carbocycles. The van der Waals surface area contributed by atoms with Crippen LogP contribution in [0.3, 0.4) is 0 Å². The van der Waals surface area contributed by atoms with Crippen LogP contribution in [0.5, 0.6) is 0 Å². The van der Waals surface area contributed by atoms with E-state index in [0.29, 0.717) is 12.8 Å². The second kappa shape index (κ2) is 7.99. The summed E-state index contributed by atoms with van der Waals surface area (Å²) in [6.07, 6.45) is 3.92. The summed E-state index contributed by atoms with van der Waals surface area (Å²) in [5.41, 5.74) is -0.472. The number of carbonyl (C=O) groups excluding carboxylic acids is 1. The molecule has 0 amide bonds. The Morgan fingerprint density at radius 2 is 2.15 bits per heavy atom. The maximum Gasteiger partial charge on any atom is 0.491 e. The van der Waals surface area contributed by atoms with Gasteiger partial charge in [0, 0.05) is 30.8 Å². The zero-order valence-corrected chi connectivity index (χ0v) is 15.8. The van der Waals surface area contributed by atoms with Crippen molar-refractivity contribution in [1.82, 2.24) is 24.3 Å². The van der Waals surface area contributed by atoms with E-state index in [1.54, 1.807) is 12.3 Å². The van der Waals surface area contributed by atoms with Gasteiger partial charge in [-0.3, -0.25) is 9.36 Å². The van der Waals surface area contributed by atoms with Gasteiger partial charge < -0.3 is 14.9 Å². The zero-order valence-electron chi connectivity index (χ0n) is 14.8. The lowest BCUT2D eigenvalue weighted by atomic mass is 10.4. The van der Waals surface area contributed by atoms with Crippen molar-refractivity contribution in [1.29, 1.82) is 0 Å². The van der Waals surface area contributed by atoms with Crippen LogP contribution in [0.2, 0.25) is 19.1 Å². The SMILES string of the molecule is CC(=O)OC[Si](C)(C)CCCn1ccc(-n2cnc([N+](=O)[O-])n2)nc1=O. The van der Waals surface area contributed by atoms with Gasteiger partial charge in [-0.15, -0.1) is 4.68 Å². The molecule has 0 spiro atoms. The molecule has 0 fully saturated rings. The van der Waals surface area contributed by atoms with E-state index in [1.165, 1.54) is 11.5 Å².